The Hall–Kier alpha value is -1.35. The summed E-state index contributed by atoms with van der Waals surface area (Å²) in [7, 11) is 0. The van der Waals surface area contributed by atoms with Gasteiger partial charge in [-0.25, -0.2) is 0 Å². The van der Waals surface area contributed by atoms with E-state index in [1.54, 1.807) is 12.1 Å². The molecule has 0 fully saturated rings. The molecular weight excluding hydrogens is 180 g/mol. The first-order valence-corrected chi connectivity index (χ1v) is 4.56. The second-order valence-electron chi connectivity index (χ2n) is 2.96. The molecule has 1 unspecified atom stereocenters. The summed E-state index contributed by atoms with van der Waals surface area (Å²) in [5.41, 5.74) is 0.714. The summed E-state index contributed by atoms with van der Waals surface area (Å²) >= 11 is 0. The first-order chi connectivity index (χ1) is 6.77. The zero-order valence-corrected chi connectivity index (χ0v) is 8.06. The molecule has 0 aliphatic rings. The van der Waals surface area contributed by atoms with Crippen molar-refractivity contribution in [3.63, 3.8) is 0 Å². The van der Waals surface area contributed by atoms with Crippen LogP contribution in [0.4, 0.5) is 0 Å². The third-order valence-corrected chi connectivity index (χ3v) is 1.79. The molecule has 1 aromatic carbocycles. The van der Waals surface area contributed by atoms with Crippen molar-refractivity contribution >= 4 is 6.29 Å². The van der Waals surface area contributed by atoms with Gasteiger partial charge in [-0.15, -0.1) is 0 Å². The fraction of sp³-hybridized carbons (Fsp3) is 0.364. The molecular formula is C11H13O3. The lowest BCUT2D eigenvalue weighted by molar-refractivity contribution is 0.0963. The molecule has 0 heterocycles. The van der Waals surface area contributed by atoms with Gasteiger partial charge < -0.3 is 9.84 Å². The van der Waals surface area contributed by atoms with Gasteiger partial charge in [0.2, 0.25) is 6.29 Å². The van der Waals surface area contributed by atoms with Crippen LogP contribution in [0.25, 0.3) is 0 Å². The highest BCUT2D eigenvalue weighted by molar-refractivity contribution is 5.60. The molecule has 3 nitrogen and oxygen atoms in total. The number of rotatable bonds is 5. The fourth-order valence-electron chi connectivity index (χ4n) is 1.08. The number of benzene rings is 1. The summed E-state index contributed by atoms with van der Waals surface area (Å²) in [5.74, 6) is 0.175. The van der Waals surface area contributed by atoms with Crippen LogP contribution < -0.4 is 0 Å². The summed E-state index contributed by atoms with van der Waals surface area (Å²) in [6.07, 6.45) is 2.03. The zero-order chi connectivity index (χ0) is 10.4. The molecule has 1 radical (unpaired) electrons. The molecule has 0 saturated carbocycles. The lowest BCUT2D eigenvalue weighted by Crippen LogP contribution is -2.06. The van der Waals surface area contributed by atoms with E-state index in [0.29, 0.717) is 12.2 Å². The average molecular weight is 193 g/mol. The molecule has 0 bridgehead atoms. The molecule has 3 heteroatoms. The van der Waals surface area contributed by atoms with E-state index < -0.39 is 6.10 Å². The van der Waals surface area contributed by atoms with Gasteiger partial charge in [0.25, 0.3) is 0 Å². The van der Waals surface area contributed by atoms with E-state index in [-0.39, 0.29) is 5.75 Å². The van der Waals surface area contributed by atoms with Crippen LogP contribution in [-0.4, -0.2) is 18.0 Å². The maximum absolute atomic E-state index is 10.6. The van der Waals surface area contributed by atoms with Crippen molar-refractivity contribution in [1.29, 1.82) is 0 Å². The topological polar surface area (TPSA) is 46.5 Å². The summed E-state index contributed by atoms with van der Waals surface area (Å²) in [4.78, 5) is 10.6. The Morgan fingerprint density at radius 2 is 2.07 bits per heavy atom. The predicted molar refractivity (Wildman–Crippen MR) is 52.8 cm³/mol. The van der Waals surface area contributed by atoms with Gasteiger partial charge in [-0.05, 0) is 24.1 Å². The van der Waals surface area contributed by atoms with Gasteiger partial charge in [0.1, 0.15) is 11.9 Å². The zero-order valence-electron chi connectivity index (χ0n) is 8.06. The Bertz CT molecular complexity index is 279. The summed E-state index contributed by atoms with van der Waals surface area (Å²) < 4.78 is 5.26. The highest BCUT2D eigenvalue weighted by Gasteiger charge is 2.10. The van der Waals surface area contributed by atoms with Crippen molar-refractivity contribution in [2.45, 2.75) is 19.4 Å². The Balaban J connectivity index is 2.68. The lowest BCUT2D eigenvalue weighted by atomic mass is 10.1. The van der Waals surface area contributed by atoms with Crippen molar-refractivity contribution in [3.05, 3.63) is 29.8 Å². The number of hydrogen-bond donors (Lipinski definition) is 1. The number of carbonyl (C=O) groups excluding carboxylic acids is 1. The van der Waals surface area contributed by atoms with E-state index in [1.807, 2.05) is 13.2 Å². The highest BCUT2D eigenvalue weighted by Crippen LogP contribution is 2.18. The summed E-state index contributed by atoms with van der Waals surface area (Å²) in [6, 6.07) is 6.35. The van der Waals surface area contributed by atoms with E-state index in [9.17, 15) is 4.79 Å². The fourth-order valence-corrected chi connectivity index (χ4v) is 1.08. The van der Waals surface area contributed by atoms with Gasteiger partial charge in [-0.3, -0.25) is 4.79 Å². The normalized spacial score (nSPS) is 12.4. The maximum Gasteiger partial charge on any atom is 0.234 e. The minimum absolute atomic E-state index is 0.175. The van der Waals surface area contributed by atoms with Crippen LogP contribution in [-0.2, 0) is 9.53 Å². The van der Waals surface area contributed by atoms with E-state index in [0.717, 1.165) is 6.42 Å². The summed E-state index contributed by atoms with van der Waals surface area (Å²) in [6.45, 7) is 2.50. The van der Waals surface area contributed by atoms with Crippen molar-refractivity contribution in [2.75, 3.05) is 6.61 Å². The van der Waals surface area contributed by atoms with E-state index in [4.69, 9.17) is 9.84 Å². The van der Waals surface area contributed by atoms with Gasteiger partial charge in [-0.2, -0.15) is 0 Å². The van der Waals surface area contributed by atoms with Crippen molar-refractivity contribution in [1.82, 2.24) is 0 Å². The number of ether oxygens (including phenoxy) is 1. The number of hydrogen-bond acceptors (Lipinski definition) is 3. The van der Waals surface area contributed by atoms with Crippen LogP contribution >= 0.6 is 0 Å². The minimum Gasteiger partial charge on any atom is -0.508 e. The molecule has 1 N–H and O–H groups in total. The van der Waals surface area contributed by atoms with E-state index in [2.05, 4.69) is 0 Å². The molecule has 75 valence electrons. The summed E-state index contributed by atoms with van der Waals surface area (Å²) in [5, 5.41) is 9.05. The number of aromatic hydroxyl groups is 1. The predicted octanol–water partition coefficient (Wildman–Crippen LogP) is 1.97. The standard InChI is InChI=1S/C11H13O3/c1-2-7-14-11(8-12)9-3-5-10(13)6-4-9/h3-6,11,13H,2,7H2,1H3. The van der Waals surface area contributed by atoms with Crippen LogP contribution in [0, 0.1) is 0 Å². The van der Waals surface area contributed by atoms with E-state index in [1.165, 1.54) is 12.1 Å². The van der Waals surface area contributed by atoms with Crippen LogP contribution in [0.2, 0.25) is 0 Å². The third-order valence-electron chi connectivity index (χ3n) is 1.79. The molecule has 1 rings (SSSR count). The second-order valence-corrected chi connectivity index (χ2v) is 2.96. The molecule has 0 saturated heterocycles. The Morgan fingerprint density at radius 1 is 1.43 bits per heavy atom. The number of phenols is 1. The molecule has 0 aliphatic heterocycles. The molecule has 0 spiro atoms. The monoisotopic (exact) mass is 193 g/mol. The molecule has 1 atom stereocenters. The molecule has 0 aromatic heterocycles. The van der Waals surface area contributed by atoms with Gasteiger partial charge in [-0.1, -0.05) is 19.1 Å². The van der Waals surface area contributed by atoms with Crippen molar-refractivity contribution in [3.8, 4) is 5.75 Å². The molecule has 1 aromatic rings. The van der Waals surface area contributed by atoms with Gasteiger partial charge in [0, 0.05) is 6.61 Å². The third kappa shape index (κ3) is 2.85. The van der Waals surface area contributed by atoms with Crippen LogP contribution in [0.3, 0.4) is 0 Å². The molecule has 14 heavy (non-hydrogen) atoms. The van der Waals surface area contributed by atoms with Crippen molar-refractivity contribution in [2.24, 2.45) is 0 Å². The highest BCUT2D eigenvalue weighted by atomic mass is 16.5. The average Bonchev–Trinajstić information content (AvgIpc) is 2.21. The van der Waals surface area contributed by atoms with E-state index >= 15 is 0 Å². The van der Waals surface area contributed by atoms with Crippen LogP contribution in [0.5, 0.6) is 5.75 Å². The Labute approximate surface area is 83.3 Å². The second kappa shape index (κ2) is 5.40. The largest absolute Gasteiger partial charge is 0.508 e. The quantitative estimate of drug-likeness (QED) is 0.777. The van der Waals surface area contributed by atoms with Crippen molar-refractivity contribution < 1.29 is 14.6 Å². The Morgan fingerprint density at radius 3 is 2.57 bits per heavy atom. The maximum atomic E-state index is 10.6. The minimum atomic E-state index is -0.643. The first-order valence-electron chi connectivity index (χ1n) is 4.56. The Kier molecular flexibility index (Phi) is 4.13. The van der Waals surface area contributed by atoms with Gasteiger partial charge in [0.05, 0.1) is 0 Å². The molecule has 0 amide bonds. The van der Waals surface area contributed by atoms with Crippen LogP contribution in [0.1, 0.15) is 25.0 Å². The molecule has 0 aliphatic carbocycles. The van der Waals surface area contributed by atoms with Gasteiger partial charge >= 0.3 is 0 Å². The first kappa shape index (κ1) is 10.7. The van der Waals surface area contributed by atoms with Crippen LogP contribution in [0.15, 0.2) is 24.3 Å². The smallest absolute Gasteiger partial charge is 0.234 e. The SMILES string of the molecule is CCCOC([C]=O)c1ccc(O)cc1. The van der Waals surface area contributed by atoms with Gasteiger partial charge in [0.15, 0.2) is 0 Å². The lowest BCUT2D eigenvalue weighted by Gasteiger charge is -2.10. The number of phenolic OH excluding ortho intramolecular Hbond substituents is 1.